The molecular weight excluding hydrogens is 212 g/mol. The SMILES string of the molecule is CC(C)(C)C(N)c1nc(-c2ccccc2)n[nH]1. The maximum absolute atomic E-state index is 6.13. The normalized spacial score (nSPS) is 13.6. The van der Waals surface area contributed by atoms with Crippen LogP contribution in [0.3, 0.4) is 0 Å². The van der Waals surface area contributed by atoms with Gasteiger partial charge in [-0.25, -0.2) is 4.98 Å². The summed E-state index contributed by atoms with van der Waals surface area (Å²) in [4.78, 5) is 4.46. The molecule has 2 aromatic rings. The third-order valence-corrected chi connectivity index (χ3v) is 2.76. The Morgan fingerprint density at radius 3 is 2.41 bits per heavy atom. The predicted octanol–water partition coefficient (Wildman–Crippen LogP) is 2.52. The summed E-state index contributed by atoms with van der Waals surface area (Å²) in [6.45, 7) is 6.26. The Labute approximate surface area is 101 Å². The van der Waals surface area contributed by atoms with Gasteiger partial charge >= 0.3 is 0 Å². The molecule has 2 rings (SSSR count). The van der Waals surface area contributed by atoms with Gasteiger partial charge in [0.2, 0.25) is 0 Å². The van der Waals surface area contributed by atoms with Crippen molar-refractivity contribution in [2.75, 3.05) is 0 Å². The van der Waals surface area contributed by atoms with Crippen LogP contribution < -0.4 is 5.73 Å². The summed E-state index contributed by atoms with van der Waals surface area (Å²) >= 11 is 0. The van der Waals surface area contributed by atoms with Crippen LogP contribution in [0.25, 0.3) is 11.4 Å². The van der Waals surface area contributed by atoms with Gasteiger partial charge in [-0.2, -0.15) is 5.10 Å². The summed E-state index contributed by atoms with van der Waals surface area (Å²) in [7, 11) is 0. The average molecular weight is 230 g/mol. The van der Waals surface area contributed by atoms with Crippen LogP contribution >= 0.6 is 0 Å². The van der Waals surface area contributed by atoms with Gasteiger partial charge in [-0.05, 0) is 5.41 Å². The standard InChI is InChI=1S/C13H18N4/c1-13(2,3)10(14)12-15-11(16-17-12)9-7-5-4-6-8-9/h4-8,10H,14H2,1-3H3,(H,15,16,17). The Morgan fingerprint density at radius 1 is 1.18 bits per heavy atom. The molecule has 0 amide bonds. The van der Waals surface area contributed by atoms with E-state index in [0.29, 0.717) is 5.82 Å². The molecule has 1 unspecified atom stereocenters. The summed E-state index contributed by atoms with van der Waals surface area (Å²) in [6.07, 6.45) is 0. The second kappa shape index (κ2) is 4.30. The second-order valence-corrected chi connectivity index (χ2v) is 5.25. The minimum atomic E-state index is -0.146. The molecule has 4 heteroatoms. The van der Waals surface area contributed by atoms with Gasteiger partial charge in [0.15, 0.2) is 5.82 Å². The van der Waals surface area contributed by atoms with Gasteiger partial charge in [-0.15, -0.1) is 0 Å². The maximum atomic E-state index is 6.13. The smallest absolute Gasteiger partial charge is 0.181 e. The number of nitrogens with zero attached hydrogens (tertiary/aromatic N) is 2. The van der Waals surface area contributed by atoms with E-state index in [1.807, 2.05) is 30.3 Å². The first-order valence-corrected chi connectivity index (χ1v) is 5.72. The molecule has 0 saturated heterocycles. The molecule has 0 aliphatic carbocycles. The fourth-order valence-corrected chi connectivity index (χ4v) is 1.54. The van der Waals surface area contributed by atoms with Crippen LogP contribution in [-0.2, 0) is 0 Å². The van der Waals surface area contributed by atoms with Crippen molar-refractivity contribution in [2.24, 2.45) is 11.1 Å². The highest BCUT2D eigenvalue weighted by atomic mass is 15.2. The molecule has 0 fully saturated rings. The molecule has 1 atom stereocenters. The predicted molar refractivity (Wildman–Crippen MR) is 68.2 cm³/mol. The summed E-state index contributed by atoms with van der Waals surface area (Å²) in [5.41, 5.74) is 7.09. The molecule has 90 valence electrons. The zero-order valence-electron chi connectivity index (χ0n) is 10.4. The first kappa shape index (κ1) is 11.8. The van der Waals surface area contributed by atoms with E-state index in [1.165, 1.54) is 0 Å². The number of benzene rings is 1. The average Bonchev–Trinajstić information content (AvgIpc) is 2.77. The van der Waals surface area contributed by atoms with Gasteiger partial charge in [0.05, 0.1) is 6.04 Å². The van der Waals surface area contributed by atoms with E-state index >= 15 is 0 Å². The van der Waals surface area contributed by atoms with Gasteiger partial charge in [0, 0.05) is 5.56 Å². The molecule has 0 saturated carbocycles. The van der Waals surface area contributed by atoms with Crippen molar-refractivity contribution in [2.45, 2.75) is 26.8 Å². The van der Waals surface area contributed by atoms with Gasteiger partial charge in [0.1, 0.15) is 5.82 Å². The Bertz CT molecular complexity index is 482. The highest BCUT2D eigenvalue weighted by Crippen LogP contribution is 2.29. The van der Waals surface area contributed by atoms with Crippen molar-refractivity contribution in [1.29, 1.82) is 0 Å². The first-order valence-electron chi connectivity index (χ1n) is 5.72. The Hall–Kier alpha value is -1.68. The molecule has 0 bridgehead atoms. The van der Waals surface area contributed by atoms with Gasteiger partial charge in [-0.3, -0.25) is 5.10 Å². The summed E-state index contributed by atoms with van der Waals surface area (Å²) in [5, 5.41) is 7.13. The fraction of sp³-hybridized carbons (Fsp3) is 0.385. The van der Waals surface area contributed by atoms with Crippen LogP contribution in [0.15, 0.2) is 30.3 Å². The Kier molecular flexibility index (Phi) is 2.98. The van der Waals surface area contributed by atoms with E-state index in [4.69, 9.17) is 5.73 Å². The highest BCUT2D eigenvalue weighted by Gasteiger charge is 2.25. The number of nitrogens with one attached hydrogen (secondary N) is 1. The van der Waals surface area contributed by atoms with Crippen molar-refractivity contribution in [3.05, 3.63) is 36.2 Å². The monoisotopic (exact) mass is 230 g/mol. The van der Waals surface area contributed by atoms with E-state index in [-0.39, 0.29) is 11.5 Å². The lowest BCUT2D eigenvalue weighted by Crippen LogP contribution is -2.27. The molecule has 0 radical (unpaired) electrons. The van der Waals surface area contributed by atoms with Crippen molar-refractivity contribution in [3.63, 3.8) is 0 Å². The van der Waals surface area contributed by atoms with Crippen LogP contribution in [-0.4, -0.2) is 15.2 Å². The largest absolute Gasteiger partial charge is 0.321 e. The van der Waals surface area contributed by atoms with E-state index in [1.54, 1.807) is 0 Å². The minimum Gasteiger partial charge on any atom is -0.321 e. The zero-order valence-corrected chi connectivity index (χ0v) is 10.4. The molecule has 4 nitrogen and oxygen atoms in total. The lowest BCUT2D eigenvalue weighted by molar-refractivity contribution is 0.316. The van der Waals surface area contributed by atoms with Crippen LogP contribution in [0.1, 0.15) is 32.6 Å². The lowest BCUT2D eigenvalue weighted by Gasteiger charge is -2.24. The van der Waals surface area contributed by atoms with Crippen molar-refractivity contribution < 1.29 is 0 Å². The fourth-order valence-electron chi connectivity index (χ4n) is 1.54. The van der Waals surface area contributed by atoms with E-state index in [0.717, 1.165) is 11.4 Å². The topological polar surface area (TPSA) is 67.6 Å². The summed E-state index contributed by atoms with van der Waals surface area (Å²) in [6, 6.07) is 9.72. The molecular formula is C13H18N4. The van der Waals surface area contributed by atoms with Crippen LogP contribution in [0.4, 0.5) is 0 Å². The highest BCUT2D eigenvalue weighted by molar-refractivity contribution is 5.53. The van der Waals surface area contributed by atoms with Crippen molar-refractivity contribution in [1.82, 2.24) is 15.2 Å². The molecule has 1 heterocycles. The molecule has 0 aliphatic rings. The number of hydrogen-bond acceptors (Lipinski definition) is 3. The second-order valence-electron chi connectivity index (χ2n) is 5.25. The molecule has 1 aromatic heterocycles. The number of rotatable bonds is 2. The lowest BCUT2D eigenvalue weighted by atomic mass is 9.87. The Morgan fingerprint density at radius 2 is 1.82 bits per heavy atom. The number of H-pyrrole nitrogens is 1. The van der Waals surface area contributed by atoms with Gasteiger partial charge < -0.3 is 5.73 Å². The number of hydrogen-bond donors (Lipinski definition) is 2. The van der Waals surface area contributed by atoms with Crippen molar-refractivity contribution >= 4 is 0 Å². The van der Waals surface area contributed by atoms with Crippen molar-refractivity contribution in [3.8, 4) is 11.4 Å². The van der Waals surface area contributed by atoms with Gasteiger partial charge in [-0.1, -0.05) is 51.1 Å². The summed E-state index contributed by atoms with van der Waals surface area (Å²) < 4.78 is 0. The van der Waals surface area contributed by atoms with E-state index in [9.17, 15) is 0 Å². The first-order chi connectivity index (χ1) is 7.98. The number of aromatic nitrogens is 3. The quantitative estimate of drug-likeness (QED) is 0.833. The Balaban J connectivity index is 2.28. The molecule has 0 aliphatic heterocycles. The maximum Gasteiger partial charge on any atom is 0.181 e. The van der Waals surface area contributed by atoms with Crippen LogP contribution in [0, 0.1) is 5.41 Å². The number of nitrogens with two attached hydrogens (primary N) is 1. The third kappa shape index (κ3) is 2.53. The van der Waals surface area contributed by atoms with E-state index < -0.39 is 0 Å². The molecule has 17 heavy (non-hydrogen) atoms. The number of aromatic amines is 1. The molecule has 3 N–H and O–H groups in total. The molecule has 0 spiro atoms. The molecule has 1 aromatic carbocycles. The van der Waals surface area contributed by atoms with Gasteiger partial charge in [0.25, 0.3) is 0 Å². The van der Waals surface area contributed by atoms with E-state index in [2.05, 4.69) is 36.0 Å². The zero-order chi connectivity index (χ0) is 12.5. The summed E-state index contributed by atoms with van der Waals surface area (Å²) in [5.74, 6) is 1.43. The minimum absolute atomic E-state index is 0.0342. The third-order valence-electron chi connectivity index (χ3n) is 2.76. The van der Waals surface area contributed by atoms with Crippen LogP contribution in [0.5, 0.6) is 0 Å². The van der Waals surface area contributed by atoms with Crippen LogP contribution in [0.2, 0.25) is 0 Å².